The molecule has 0 spiro atoms. The Labute approximate surface area is 400 Å². The summed E-state index contributed by atoms with van der Waals surface area (Å²) in [4.78, 5) is 72.8. The fourth-order valence-electron chi connectivity index (χ4n) is 11.2. The molecule has 11 atom stereocenters. The van der Waals surface area contributed by atoms with E-state index in [0.717, 1.165) is 0 Å². The molecule has 1 amide bonds. The number of methoxy groups -OCH3 is 2. The average molecular weight is 949 g/mol. The van der Waals surface area contributed by atoms with Gasteiger partial charge in [0.25, 0.3) is 0 Å². The van der Waals surface area contributed by atoms with Crippen LogP contribution in [-0.4, -0.2) is 122 Å². The second kappa shape index (κ2) is 20.7. The molecule has 6 rings (SSSR count). The Morgan fingerprint density at radius 2 is 1.57 bits per heavy atom. The third-order valence-corrected chi connectivity index (χ3v) is 14.5. The van der Waals surface area contributed by atoms with Crippen molar-refractivity contribution in [3.05, 3.63) is 82.9 Å². The van der Waals surface area contributed by atoms with Crippen LogP contribution in [0, 0.1) is 16.7 Å². The van der Waals surface area contributed by atoms with Crippen LogP contribution in [-0.2, 0) is 52.3 Å². The number of aliphatic hydroxyl groups is 1. The summed E-state index contributed by atoms with van der Waals surface area (Å²) in [7, 11) is 2.90. The zero-order valence-electron chi connectivity index (χ0n) is 41.5. The molecule has 3 fully saturated rings. The summed E-state index contributed by atoms with van der Waals surface area (Å²) in [5, 5.41) is 16.8. The molecular formula is C52H72N2O14. The number of unbranched alkanes of at least 4 members (excludes halogenated alkanes) is 2. The lowest BCUT2D eigenvalue weighted by molar-refractivity contribution is -0.365. The largest absolute Gasteiger partial charge is 0.455 e. The van der Waals surface area contributed by atoms with Gasteiger partial charge in [-0.05, 0) is 96.7 Å². The Balaban J connectivity index is 1.54. The van der Waals surface area contributed by atoms with Gasteiger partial charge in [-0.2, -0.15) is 0 Å². The second-order valence-corrected chi connectivity index (χ2v) is 20.6. The molecule has 2 aromatic rings. The van der Waals surface area contributed by atoms with Gasteiger partial charge in [0.1, 0.15) is 41.2 Å². The molecule has 16 heteroatoms. The molecular weight excluding hydrogens is 877 g/mol. The molecule has 1 saturated heterocycles. The van der Waals surface area contributed by atoms with Crippen LogP contribution in [0.25, 0.3) is 0 Å². The summed E-state index contributed by atoms with van der Waals surface area (Å²) in [6.07, 6.45) is -7.18. The molecule has 4 aliphatic rings. The van der Waals surface area contributed by atoms with E-state index in [4.69, 9.17) is 43.6 Å². The average Bonchev–Trinajstić information content (AvgIpc) is 3.27. The van der Waals surface area contributed by atoms with Gasteiger partial charge in [-0.3, -0.25) is 9.59 Å². The van der Waals surface area contributed by atoms with Crippen LogP contribution < -0.4 is 11.1 Å². The quantitative estimate of drug-likeness (QED) is 0.0668. The van der Waals surface area contributed by atoms with Crippen molar-refractivity contribution in [1.82, 2.24) is 5.32 Å². The van der Waals surface area contributed by atoms with E-state index in [-0.39, 0.29) is 31.4 Å². The third kappa shape index (κ3) is 10.00. The summed E-state index contributed by atoms with van der Waals surface area (Å²) in [5.41, 5.74) is -0.361. The molecule has 2 bridgehead atoms. The van der Waals surface area contributed by atoms with E-state index >= 15 is 9.59 Å². The topological polar surface area (TPSA) is 217 Å². The SMILES string of the molecule is CO[C@H]1C(=O)[C@]2(C)[C@@H](OC)C[C@H]3OC[C@@]3(OC(C)C)[C@H]2[C@H](OC(=O)c2ccccc2)[C@]2(O)C[C@H](OC(=O)[C@H](OC(=O)CCCCCN)[C@@H](NC(=O)OC(C)(C)C)c3ccccc3)C(C)=C1C2(C)C. The van der Waals surface area contributed by atoms with Crippen molar-refractivity contribution < 1.29 is 67.0 Å². The maximum absolute atomic E-state index is 15.8. The predicted molar refractivity (Wildman–Crippen MR) is 249 cm³/mol. The molecule has 2 saturated carbocycles. The summed E-state index contributed by atoms with van der Waals surface area (Å²) in [6, 6.07) is 15.5. The molecule has 0 aromatic heterocycles. The number of hydrogen-bond donors (Lipinski definition) is 3. The number of carbonyl (C=O) groups excluding carboxylic acids is 5. The summed E-state index contributed by atoms with van der Waals surface area (Å²) in [5.74, 6) is -4.11. The fraction of sp³-hybridized carbons (Fsp3) is 0.635. The van der Waals surface area contributed by atoms with Crippen LogP contribution in [0.15, 0.2) is 71.8 Å². The van der Waals surface area contributed by atoms with Crippen LogP contribution in [0.5, 0.6) is 0 Å². The van der Waals surface area contributed by atoms with Crippen molar-refractivity contribution in [1.29, 1.82) is 0 Å². The van der Waals surface area contributed by atoms with Gasteiger partial charge in [-0.15, -0.1) is 0 Å². The molecule has 4 N–H and O–H groups in total. The number of hydrogen-bond acceptors (Lipinski definition) is 15. The van der Waals surface area contributed by atoms with Crippen molar-refractivity contribution in [3.8, 4) is 0 Å². The molecule has 0 unspecified atom stereocenters. The van der Waals surface area contributed by atoms with Crippen molar-refractivity contribution >= 4 is 29.8 Å². The summed E-state index contributed by atoms with van der Waals surface area (Å²) in [6.45, 7) is 16.2. The highest BCUT2D eigenvalue weighted by Crippen LogP contribution is 2.65. The van der Waals surface area contributed by atoms with Crippen molar-refractivity contribution in [2.45, 2.75) is 166 Å². The minimum absolute atomic E-state index is 0.0122. The first-order chi connectivity index (χ1) is 32.0. The maximum Gasteiger partial charge on any atom is 0.408 e. The Hall–Kier alpha value is -4.71. The highest BCUT2D eigenvalue weighted by molar-refractivity contribution is 5.94. The molecule has 2 aromatic carbocycles. The fourth-order valence-corrected chi connectivity index (χ4v) is 11.2. The van der Waals surface area contributed by atoms with Gasteiger partial charge in [-0.1, -0.05) is 68.8 Å². The number of amides is 1. The number of ether oxygens (including phenoxy) is 8. The summed E-state index contributed by atoms with van der Waals surface area (Å²) < 4.78 is 50.3. The van der Waals surface area contributed by atoms with E-state index in [1.165, 1.54) is 14.2 Å². The van der Waals surface area contributed by atoms with Gasteiger partial charge in [0.05, 0.1) is 35.9 Å². The lowest BCUT2D eigenvalue weighted by Gasteiger charge is -2.68. The van der Waals surface area contributed by atoms with Gasteiger partial charge in [0.15, 0.2) is 5.78 Å². The molecule has 1 aliphatic heterocycles. The van der Waals surface area contributed by atoms with Gasteiger partial charge in [0, 0.05) is 44.8 Å². The van der Waals surface area contributed by atoms with E-state index < -0.39 is 112 Å². The number of rotatable bonds is 17. The highest BCUT2D eigenvalue weighted by Gasteiger charge is 2.77. The minimum atomic E-state index is -2.16. The number of carbonyl (C=O) groups is 5. The van der Waals surface area contributed by atoms with E-state index in [1.54, 1.807) is 109 Å². The Morgan fingerprint density at radius 1 is 0.926 bits per heavy atom. The molecule has 68 heavy (non-hydrogen) atoms. The number of nitrogens with one attached hydrogen (secondary N) is 1. The van der Waals surface area contributed by atoms with Gasteiger partial charge in [-0.25, -0.2) is 14.4 Å². The van der Waals surface area contributed by atoms with Crippen LogP contribution in [0.1, 0.15) is 123 Å². The molecule has 16 nitrogen and oxygen atoms in total. The summed E-state index contributed by atoms with van der Waals surface area (Å²) >= 11 is 0. The normalized spacial score (nSPS) is 30.6. The number of nitrogens with two attached hydrogens (primary N) is 1. The van der Waals surface area contributed by atoms with Crippen molar-refractivity contribution in [2.24, 2.45) is 22.5 Å². The zero-order chi connectivity index (χ0) is 50.0. The molecule has 0 radical (unpaired) electrons. The van der Waals surface area contributed by atoms with E-state index in [2.05, 4.69) is 5.32 Å². The van der Waals surface area contributed by atoms with E-state index in [0.29, 0.717) is 42.5 Å². The van der Waals surface area contributed by atoms with Crippen LogP contribution in [0.3, 0.4) is 0 Å². The predicted octanol–water partition coefficient (Wildman–Crippen LogP) is 6.50. The number of esters is 3. The number of ketones is 1. The third-order valence-electron chi connectivity index (χ3n) is 14.5. The first-order valence-electron chi connectivity index (χ1n) is 23.7. The van der Waals surface area contributed by atoms with Crippen LogP contribution in [0.2, 0.25) is 0 Å². The number of fused-ring (bicyclic) bond motifs is 5. The minimum Gasteiger partial charge on any atom is -0.455 e. The number of alkyl carbamates (subject to hydrolysis) is 1. The lowest BCUT2D eigenvalue weighted by atomic mass is 9.44. The van der Waals surface area contributed by atoms with E-state index in [1.807, 2.05) is 13.8 Å². The van der Waals surface area contributed by atoms with E-state index in [9.17, 15) is 19.5 Å². The van der Waals surface area contributed by atoms with Gasteiger partial charge in [0.2, 0.25) is 6.10 Å². The zero-order valence-corrected chi connectivity index (χ0v) is 41.5. The Bertz CT molecular complexity index is 2170. The highest BCUT2D eigenvalue weighted by atomic mass is 16.6. The van der Waals surface area contributed by atoms with Crippen LogP contribution in [0.4, 0.5) is 4.79 Å². The number of benzene rings is 2. The monoisotopic (exact) mass is 948 g/mol. The van der Waals surface area contributed by atoms with Crippen molar-refractivity contribution in [2.75, 3.05) is 27.4 Å². The molecule has 374 valence electrons. The smallest absolute Gasteiger partial charge is 0.408 e. The molecule has 1 heterocycles. The standard InChI is InChI=1S/C52H72N2O14/c1-30(2)67-51-29-63-36(51)27-35(61-10)50(9)42(51)44(66-45(57)33-23-17-13-18-24-33)52(60)28-34(31(3)38(49(52,7)8)40(62-11)43(50)56)64-46(58)41(65-37(55)25-19-14-20-26-53)39(32-21-15-12-16-22-32)54-47(59)68-48(4,5)6/h12-13,15-18,21-24,30,34-36,39-42,44,60H,14,19-20,25-29,53H2,1-11H3,(H,54,59)/t34-,35-,36+,39-,40+,41+,42-,44-,50+,51-,52+/m0/s1. The second-order valence-electron chi connectivity index (χ2n) is 20.6. The van der Waals surface area contributed by atoms with Gasteiger partial charge >= 0.3 is 24.0 Å². The first kappa shape index (κ1) is 52.7. The molecule has 3 aliphatic carbocycles. The number of Topliss-reactive ketones (excluding diaryl/α,β-unsaturated/α-hetero) is 1. The van der Waals surface area contributed by atoms with Gasteiger partial charge < -0.3 is 54.1 Å². The first-order valence-corrected chi connectivity index (χ1v) is 23.7. The Kier molecular flexibility index (Phi) is 16.0. The lowest BCUT2D eigenvalue weighted by Crippen LogP contribution is -2.82. The Morgan fingerprint density at radius 3 is 2.13 bits per heavy atom. The van der Waals surface area contributed by atoms with Crippen LogP contribution >= 0.6 is 0 Å². The van der Waals surface area contributed by atoms with Crippen molar-refractivity contribution in [3.63, 3.8) is 0 Å². The maximum atomic E-state index is 15.8.